The summed E-state index contributed by atoms with van der Waals surface area (Å²) in [6, 6.07) is 17.1. The van der Waals surface area contributed by atoms with Crippen LogP contribution in [0.15, 0.2) is 59.4 Å². The molecule has 0 unspecified atom stereocenters. The Morgan fingerprint density at radius 3 is 2.42 bits per heavy atom. The number of aromatic nitrogens is 1. The number of nitrogens with zero attached hydrogens (tertiary/aromatic N) is 1. The maximum atomic E-state index is 12.4. The van der Waals surface area contributed by atoms with Gasteiger partial charge in [-0.05, 0) is 35.2 Å². The first-order valence-electron chi connectivity index (χ1n) is 6.01. The van der Waals surface area contributed by atoms with E-state index in [1.807, 2.05) is 42.5 Å². The summed E-state index contributed by atoms with van der Waals surface area (Å²) < 4.78 is 1.68. The molecule has 0 saturated carbocycles. The molecule has 0 fully saturated rings. The van der Waals surface area contributed by atoms with Crippen LogP contribution in [0.2, 0.25) is 5.02 Å². The first kappa shape index (κ1) is 12.0. The van der Waals surface area contributed by atoms with Gasteiger partial charge in [-0.3, -0.25) is 4.79 Å². The summed E-state index contributed by atoms with van der Waals surface area (Å²) in [7, 11) is 1.80. The predicted molar refractivity (Wildman–Crippen MR) is 79.6 cm³/mol. The standard InChI is InChI=1S/C16H12ClNO/c1-18-15-5-3-2-4-12(15)10-14(16(18)19)11-6-8-13(17)9-7-11/h2-10H,1H3. The van der Waals surface area contributed by atoms with Crippen LogP contribution in [0.1, 0.15) is 0 Å². The van der Waals surface area contributed by atoms with Crippen LogP contribution in [0, 0.1) is 0 Å². The zero-order valence-electron chi connectivity index (χ0n) is 10.4. The summed E-state index contributed by atoms with van der Waals surface area (Å²) in [6.07, 6.45) is 0. The number of benzene rings is 2. The zero-order chi connectivity index (χ0) is 13.4. The van der Waals surface area contributed by atoms with E-state index in [0.29, 0.717) is 10.6 Å². The highest BCUT2D eigenvalue weighted by Crippen LogP contribution is 2.22. The van der Waals surface area contributed by atoms with Crippen LogP contribution in [-0.2, 0) is 7.05 Å². The Balaban J connectivity index is 2.33. The lowest BCUT2D eigenvalue weighted by atomic mass is 10.0. The van der Waals surface area contributed by atoms with Gasteiger partial charge in [0, 0.05) is 17.6 Å². The second-order valence-corrected chi connectivity index (χ2v) is 4.92. The van der Waals surface area contributed by atoms with Crippen molar-refractivity contribution < 1.29 is 0 Å². The summed E-state index contributed by atoms with van der Waals surface area (Å²) in [5.41, 5.74) is 2.51. The average molecular weight is 270 g/mol. The number of aryl methyl sites for hydroxylation is 1. The lowest BCUT2D eigenvalue weighted by molar-refractivity contribution is 0.909. The summed E-state index contributed by atoms with van der Waals surface area (Å²) in [5.74, 6) is 0. The molecule has 0 saturated heterocycles. The molecule has 2 aromatic carbocycles. The lowest BCUT2D eigenvalue weighted by Gasteiger charge is -2.08. The van der Waals surface area contributed by atoms with E-state index >= 15 is 0 Å². The monoisotopic (exact) mass is 269 g/mol. The number of rotatable bonds is 1. The van der Waals surface area contributed by atoms with E-state index < -0.39 is 0 Å². The van der Waals surface area contributed by atoms with Gasteiger partial charge >= 0.3 is 0 Å². The second-order valence-electron chi connectivity index (χ2n) is 4.49. The normalized spacial score (nSPS) is 10.8. The van der Waals surface area contributed by atoms with E-state index in [4.69, 9.17) is 11.6 Å². The predicted octanol–water partition coefficient (Wildman–Crippen LogP) is 3.86. The van der Waals surface area contributed by atoms with E-state index in [2.05, 4.69) is 0 Å². The SMILES string of the molecule is Cn1c(=O)c(-c2ccc(Cl)cc2)cc2ccccc21. The highest BCUT2D eigenvalue weighted by molar-refractivity contribution is 6.30. The van der Waals surface area contributed by atoms with Crippen LogP contribution in [-0.4, -0.2) is 4.57 Å². The van der Waals surface area contributed by atoms with E-state index in [-0.39, 0.29) is 5.56 Å². The third-order valence-corrected chi connectivity index (χ3v) is 3.54. The largest absolute Gasteiger partial charge is 0.311 e. The molecule has 0 amide bonds. The van der Waals surface area contributed by atoms with E-state index in [9.17, 15) is 4.79 Å². The van der Waals surface area contributed by atoms with Gasteiger partial charge in [-0.2, -0.15) is 0 Å². The first-order chi connectivity index (χ1) is 9.16. The Morgan fingerprint density at radius 1 is 1.00 bits per heavy atom. The van der Waals surface area contributed by atoms with Crippen molar-refractivity contribution in [2.75, 3.05) is 0 Å². The molecular formula is C16H12ClNO. The highest BCUT2D eigenvalue weighted by atomic mass is 35.5. The maximum absolute atomic E-state index is 12.4. The van der Waals surface area contributed by atoms with Crippen LogP contribution < -0.4 is 5.56 Å². The van der Waals surface area contributed by atoms with Crippen LogP contribution in [0.3, 0.4) is 0 Å². The fraction of sp³-hybridized carbons (Fsp3) is 0.0625. The van der Waals surface area contributed by atoms with E-state index in [0.717, 1.165) is 16.5 Å². The summed E-state index contributed by atoms with van der Waals surface area (Å²) in [6.45, 7) is 0. The molecule has 94 valence electrons. The molecule has 3 heteroatoms. The average Bonchev–Trinajstić information content (AvgIpc) is 2.44. The molecule has 1 aromatic heterocycles. The fourth-order valence-electron chi connectivity index (χ4n) is 2.26. The Morgan fingerprint density at radius 2 is 1.68 bits per heavy atom. The van der Waals surface area contributed by atoms with Gasteiger partial charge in [0.2, 0.25) is 0 Å². The first-order valence-corrected chi connectivity index (χ1v) is 6.39. The molecule has 0 aliphatic carbocycles. The number of hydrogen-bond acceptors (Lipinski definition) is 1. The van der Waals surface area contributed by atoms with Gasteiger partial charge in [0.25, 0.3) is 5.56 Å². The number of para-hydroxylation sites is 1. The Labute approximate surface area is 115 Å². The van der Waals surface area contributed by atoms with Crippen molar-refractivity contribution in [1.29, 1.82) is 0 Å². The molecule has 19 heavy (non-hydrogen) atoms. The molecule has 0 aliphatic heterocycles. The number of halogens is 1. The molecule has 3 rings (SSSR count). The summed E-state index contributed by atoms with van der Waals surface area (Å²) >= 11 is 5.88. The molecular weight excluding hydrogens is 258 g/mol. The minimum Gasteiger partial charge on any atom is -0.311 e. The summed E-state index contributed by atoms with van der Waals surface area (Å²) in [5, 5.41) is 1.72. The van der Waals surface area contributed by atoms with Gasteiger partial charge in [0.15, 0.2) is 0 Å². The van der Waals surface area contributed by atoms with Crippen molar-refractivity contribution in [1.82, 2.24) is 4.57 Å². The molecule has 1 heterocycles. The molecule has 0 radical (unpaired) electrons. The van der Waals surface area contributed by atoms with Crippen LogP contribution in [0.4, 0.5) is 0 Å². The molecule has 0 atom stereocenters. The smallest absolute Gasteiger partial charge is 0.258 e. The van der Waals surface area contributed by atoms with Gasteiger partial charge in [-0.25, -0.2) is 0 Å². The van der Waals surface area contributed by atoms with Crippen LogP contribution in [0.5, 0.6) is 0 Å². The molecule has 0 spiro atoms. The molecule has 3 aromatic rings. The van der Waals surface area contributed by atoms with Crippen LogP contribution >= 0.6 is 11.6 Å². The Bertz CT molecular complexity index is 803. The molecule has 0 bridgehead atoms. The summed E-state index contributed by atoms with van der Waals surface area (Å²) in [4.78, 5) is 12.4. The topological polar surface area (TPSA) is 22.0 Å². The van der Waals surface area contributed by atoms with Crippen molar-refractivity contribution in [3.63, 3.8) is 0 Å². The fourth-order valence-corrected chi connectivity index (χ4v) is 2.38. The van der Waals surface area contributed by atoms with Gasteiger partial charge in [-0.1, -0.05) is 41.9 Å². The zero-order valence-corrected chi connectivity index (χ0v) is 11.2. The number of hydrogen-bond donors (Lipinski definition) is 0. The minimum atomic E-state index is 0.000947. The molecule has 0 N–H and O–H groups in total. The van der Waals surface area contributed by atoms with E-state index in [1.165, 1.54) is 0 Å². The Hall–Kier alpha value is -2.06. The number of fused-ring (bicyclic) bond motifs is 1. The van der Waals surface area contributed by atoms with Crippen molar-refractivity contribution in [2.45, 2.75) is 0 Å². The molecule has 2 nitrogen and oxygen atoms in total. The van der Waals surface area contributed by atoms with Crippen molar-refractivity contribution in [2.24, 2.45) is 7.05 Å². The number of pyridine rings is 1. The van der Waals surface area contributed by atoms with Crippen molar-refractivity contribution in [3.8, 4) is 11.1 Å². The lowest BCUT2D eigenvalue weighted by Crippen LogP contribution is -2.18. The minimum absolute atomic E-state index is 0.000947. The molecule has 0 aliphatic rings. The third kappa shape index (κ3) is 2.04. The van der Waals surface area contributed by atoms with Gasteiger partial charge in [0.1, 0.15) is 0 Å². The van der Waals surface area contributed by atoms with Crippen molar-refractivity contribution in [3.05, 3.63) is 70.0 Å². The van der Waals surface area contributed by atoms with Gasteiger partial charge < -0.3 is 4.57 Å². The van der Waals surface area contributed by atoms with E-state index in [1.54, 1.807) is 23.7 Å². The van der Waals surface area contributed by atoms with Crippen LogP contribution in [0.25, 0.3) is 22.0 Å². The second kappa shape index (κ2) is 4.56. The van der Waals surface area contributed by atoms with Crippen molar-refractivity contribution >= 4 is 22.5 Å². The quantitative estimate of drug-likeness (QED) is 0.657. The third-order valence-electron chi connectivity index (χ3n) is 3.29. The van der Waals surface area contributed by atoms with Gasteiger partial charge in [0.05, 0.1) is 5.52 Å². The Kier molecular flexibility index (Phi) is 2.88. The highest BCUT2D eigenvalue weighted by Gasteiger charge is 2.08. The maximum Gasteiger partial charge on any atom is 0.258 e. The van der Waals surface area contributed by atoms with Gasteiger partial charge in [-0.15, -0.1) is 0 Å².